The number of hydrogen-bond donors (Lipinski definition) is 0. The number of benzene rings is 1. The van der Waals surface area contributed by atoms with Gasteiger partial charge < -0.3 is 4.57 Å². The monoisotopic (exact) mass is 475 g/mol. The molecule has 4 rings (SSSR count). The Labute approximate surface area is 182 Å². The Hall–Kier alpha value is -0.817. The van der Waals surface area contributed by atoms with Crippen LogP contribution in [0, 0.1) is 17.6 Å². The Kier molecular flexibility index (Phi) is 8.41. The summed E-state index contributed by atoms with van der Waals surface area (Å²) in [7, 11) is 9.87. The van der Waals surface area contributed by atoms with Gasteiger partial charge in [-0.15, -0.1) is 18.6 Å². The van der Waals surface area contributed by atoms with Gasteiger partial charge in [-0.25, -0.2) is 17.7 Å². The summed E-state index contributed by atoms with van der Waals surface area (Å²) in [6.45, 7) is 10.9. The number of aromatic nitrogens is 1. The van der Waals surface area contributed by atoms with Crippen LogP contribution in [0.25, 0.3) is 6.08 Å². The van der Waals surface area contributed by atoms with Crippen molar-refractivity contribution < 1.29 is 20.8 Å². The van der Waals surface area contributed by atoms with Crippen molar-refractivity contribution in [3.8, 4) is 0 Å². The van der Waals surface area contributed by atoms with E-state index in [2.05, 4.69) is 94.1 Å². The van der Waals surface area contributed by atoms with E-state index in [-0.39, 0.29) is 11.5 Å². The molecule has 1 aromatic heterocycles. The predicted molar refractivity (Wildman–Crippen MR) is 113 cm³/mol. The zero-order valence-electron chi connectivity index (χ0n) is 16.5. The second kappa shape index (κ2) is 10.1. The summed E-state index contributed by atoms with van der Waals surface area (Å²) in [5, 5.41) is 0. The molecule has 0 radical (unpaired) electrons. The summed E-state index contributed by atoms with van der Waals surface area (Å²) in [6, 6.07) is 12.8. The Bertz CT molecular complexity index is 845. The summed E-state index contributed by atoms with van der Waals surface area (Å²) >= 11 is -0.826. The average molecular weight is 478 g/mol. The Balaban J connectivity index is 0.000000178. The van der Waals surface area contributed by atoms with E-state index in [0.29, 0.717) is 0 Å². The molecule has 1 unspecified atom stereocenters. The maximum absolute atomic E-state index is 4.93. The summed E-state index contributed by atoms with van der Waals surface area (Å²) in [5.74, 6) is 0. The van der Waals surface area contributed by atoms with Crippen molar-refractivity contribution >= 4 is 23.1 Å². The van der Waals surface area contributed by atoms with Gasteiger partial charge in [-0.1, -0.05) is 51.3 Å². The zero-order valence-corrected chi connectivity index (χ0v) is 20.4. The fourth-order valence-electron chi connectivity index (χ4n) is 3.32. The fourth-order valence-corrected chi connectivity index (χ4v) is 3.32. The van der Waals surface area contributed by atoms with Crippen molar-refractivity contribution in [3.05, 3.63) is 88.8 Å². The average Bonchev–Trinajstić information content (AvgIpc) is 3.33. The van der Waals surface area contributed by atoms with E-state index in [9.17, 15) is 0 Å². The summed E-state index contributed by atoms with van der Waals surface area (Å²) in [6.07, 6.45) is 13.0. The minimum absolute atomic E-state index is 0.189. The third-order valence-corrected chi connectivity index (χ3v) is 5.18. The molecule has 0 saturated carbocycles. The second-order valence-corrected chi connectivity index (χ2v) is 10.9. The first kappa shape index (κ1) is 22.5. The fraction of sp³-hybridized carbons (Fsp3) is 0.304. The molecule has 0 saturated heterocycles. The van der Waals surface area contributed by atoms with Gasteiger partial charge in [0.1, 0.15) is 0 Å². The minimum atomic E-state index is -0.826. The first-order valence-corrected chi connectivity index (χ1v) is 15.2. The SMILES string of the molecule is CC1=[C-]C(C)(C)C(C)=C1C.[C-]1=Cc2ccccc2C1n1cccc1.[Cl][Zr+2][Cl]. The molecule has 0 fully saturated rings. The Morgan fingerprint density at radius 3 is 2.07 bits per heavy atom. The van der Waals surface area contributed by atoms with E-state index in [1.54, 1.807) is 0 Å². The van der Waals surface area contributed by atoms with Crippen molar-refractivity contribution in [2.24, 2.45) is 5.41 Å². The van der Waals surface area contributed by atoms with Crippen LogP contribution in [0.3, 0.4) is 0 Å². The topological polar surface area (TPSA) is 4.93 Å². The predicted octanol–water partition coefficient (Wildman–Crippen LogP) is 7.40. The van der Waals surface area contributed by atoms with Gasteiger partial charge in [0.05, 0.1) is 0 Å². The van der Waals surface area contributed by atoms with Crippen LogP contribution in [0.2, 0.25) is 0 Å². The van der Waals surface area contributed by atoms with Crippen LogP contribution in [0.4, 0.5) is 0 Å². The van der Waals surface area contributed by atoms with Crippen LogP contribution in [0.5, 0.6) is 0 Å². The molecule has 0 bridgehead atoms. The van der Waals surface area contributed by atoms with E-state index >= 15 is 0 Å². The molecule has 27 heavy (non-hydrogen) atoms. The van der Waals surface area contributed by atoms with Crippen LogP contribution in [0.15, 0.2) is 65.5 Å². The number of fused-ring (bicyclic) bond motifs is 1. The third-order valence-electron chi connectivity index (χ3n) is 5.18. The molecule has 4 heteroatoms. The normalized spacial score (nSPS) is 18.6. The molecule has 1 heterocycles. The summed E-state index contributed by atoms with van der Waals surface area (Å²) in [5.41, 5.74) is 7.01. The summed E-state index contributed by atoms with van der Waals surface area (Å²) < 4.78 is 2.17. The summed E-state index contributed by atoms with van der Waals surface area (Å²) in [4.78, 5) is 0. The van der Waals surface area contributed by atoms with Crippen LogP contribution in [-0.4, -0.2) is 4.57 Å². The van der Waals surface area contributed by atoms with Gasteiger partial charge in [-0.2, -0.15) is 16.7 Å². The van der Waals surface area contributed by atoms with Crippen molar-refractivity contribution in [2.75, 3.05) is 0 Å². The van der Waals surface area contributed by atoms with Gasteiger partial charge in [-0.05, 0) is 18.2 Å². The third kappa shape index (κ3) is 5.60. The molecule has 0 amide bonds. The first-order valence-electron chi connectivity index (χ1n) is 8.88. The molecule has 0 aliphatic heterocycles. The van der Waals surface area contributed by atoms with Crippen molar-refractivity contribution in [1.82, 2.24) is 4.57 Å². The van der Waals surface area contributed by atoms with Crippen LogP contribution in [-0.2, 0) is 20.8 Å². The van der Waals surface area contributed by atoms with Crippen LogP contribution >= 0.6 is 17.0 Å². The Morgan fingerprint density at radius 2 is 1.59 bits per heavy atom. The van der Waals surface area contributed by atoms with Gasteiger partial charge in [0.15, 0.2) is 0 Å². The van der Waals surface area contributed by atoms with Gasteiger partial charge in [0, 0.05) is 12.4 Å². The number of rotatable bonds is 1. The Morgan fingerprint density at radius 1 is 1.00 bits per heavy atom. The molecule has 1 atom stereocenters. The van der Waals surface area contributed by atoms with Gasteiger partial charge in [0.2, 0.25) is 0 Å². The van der Waals surface area contributed by atoms with Crippen molar-refractivity contribution in [3.63, 3.8) is 0 Å². The van der Waals surface area contributed by atoms with Gasteiger partial charge >= 0.3 is 37.9 Å². The molecular weight excluding hydrogens is 452 g/mol. The molecule has 140 valence electrons. The van der Waals surface area contributed by atoms with E-state index in [4.69, 9.17) is 17.0 Å². The molecular formula is C23H25Cl2NZr. The molecule has 0 N–H and O–H groups in total. The van der Waals surface area contributed by atoms with Crippen molar-refractivity contribution in [2.45, 2.75) is 40.7 Å². The molecule has 2 aromatic rings. The second-order valence-electron chi connectivity index (χ2n) is 7.17. The molecule has 2 aliphatic rings. The zero-order chi connectivity index (χ0) is 20.0. The van der Waals surface area contributed by atoms with Crippen LogP contribution in [0.1, 0.15) is 51.8 Å². The van der Waals surface area contributed by atoms with E-state index in [1.807, 2.05) is 12.1 Å². The van der Waals surface area contributed by atoms with E-state index in [1.165, 1.54) is 27.8 Å². The van der Waals surface area contributed by atoms with Gasteiger partial charge in [-0.3, -0.25) is 6.08 Å². The van der Waals surface area contributed by atoms with Crippen LogP contribution < -0.4 is 0 Å². The molecule has 2 aliphatic carbocycles. The molecule has 1 aromatic carbocycles. The van der Waals surface area contributed by atoms with Crippen molar-refractivity contribution in [1.29, 1.82) is 0 Å². The number of nitrogens with zero attached hydrogens (tertiary/aromatic N) is 1. The number of halogens is 2. The standard InChI is InChI=1S/C13H10N.C10H15.2ClH.Zr/c1-2-6-12-11(5-1)7-8-13(12)14-9-3-4-10-14;1-7-6-10(4,5)9(3)8(7)2;;;/h1-7,9-10,13H;1-5H3;2*1H;/q2*-1;;;+4/p-2. The maximum atomic E-state index is 4.93. The van der Waals surface area contributed by atoms with Gasteiger partial charge in [0.25, 0.3) is 0 Å². The number of hydrogen-bond acceptors (Lipinski definition) is 0. The number of allylic oxidation sites excluding steroid dienone is 5. The quantitative estimate of drug-likeness (QED) is 0.377. The molecule has 1 nitrogen and oxygen atoms in total. The van der Waals surface area contributed by atoms with E-state index < -0.39 is 20.8 Å². The first-order chi connectivity index (χ1) is 12.8. The van der Waals surface area contributed by atoms with E-state index in [0.717, 1.165) is 0 Å². The molecule has 0 spiro atoms.